The Morgan fingerprint density at radius 2 is 1.86 bits per heavy atom. The van der Waals surface area contributed by atoms with Crippen LogP contribution in [0.2, 0.25) is 0 Å². The topological polar surface area (TPSA) is 122 Å². The number of amides is 1. The van der Waals surface area contributed by atoms with Crippen LogP contribution in [0.25, 0.3) is 0 Å². The summed E-state index contributed by atoms with van der Waals surface area (Å²) >= 11 is 0. The summed E-state index contributed by atoms with van der Waals surface area (Å²) < 4.78 is 62.7. The SMILES string of the molecule is COc1ccc(NC(=O)C2CCCN2S(C)(=O)=O)cc1S(=O)(=O)N1CCOCC1. The Hall–Kier alpha value is -1.73. The molecule has 1 unspecified atom stereocenters. The van der Waals surface area contributed by atoms with Gasteiger partial charge in [0.2, 0.25) is 26.0 Å². The van der Waals surface area contributed by atoms with E-state index in [0.717, 1.165) is 10.6 Å². The van der Waals surface area contributed by atoms with E-state index in [1.165, 1.54) is 29.6 Å². The van der Waals surface area contributed by atoms with Gasteiger partial charge in [-0.1, -0.05) is 0 Å². The van der Waals surface area contributed by atoms with Gasteiger partial charge in [0.15, 0.2) is 0 Å². The van der Waals surface area contributed by atoms with E-state index in [1.807, 2.05) is 0 Å². The number of sulfonamides is 2. The average molecular weight is 448 g/mol. The van der Waals surface area contributed by atoms with Crippen molar-refractivity contribution in [1.29, 1.82) is 0 Å². The molecular weight excluding hydrogens is 422 g/mol. The van der Waals surface area contributed by atoms with Crippen LogP contribution in [0.3, 0.4) is 0 Å². The van der Waals surface area contributed by atoms with Gasteiger partial charge in [-0.05, 0) is 31.0 Å². The second-order valence-electron chi connectivity index (χ2n) is 6.90. The predicted molar refractivity (Wildman–Crippen MR) is 106 cm³/mol. The third-order valence-corrected chi connectivity index (χ3v) is 8.16. The van der Waals surface area contributed by atoms with Crippen molar-refractivity contribution in [2.24, 2.45) is 0 Å². The van der Waals surface area contributed by atoms with Gasteiger partial charge in [0, 0.05) is 25.3 Å². The second kappa shape index (κ2) is 8.56. The van der Waals surface area contributed by atoms with Crippen LogP contribution in [-0.2, 0) is 29.6 Å². The zero-order valence-corrected chi connectivity index (χ0v) is 18.0. The molecule has 1 N–H and O–H groups in total. The summed E-state index contributed by atoms with van der Waals surface area (Å²) in [6, 6.07) is 3.51. The van der Waals surface area contributed by atoms with E-state index in [2.05, 4.69) is 5.32 Å². The summed E-state index contributed by atoms with van der Waals surface area (Å²) in [5, 5.41) is 2.64. The summed E-state index contributed by atoms with van der Waals surface area (Å²) in [6.07, 6.45) is 2.07. The van der Waals surface area contributed by atoms with Crippen molar-refractivity contribution in [3.63, 3.8) is 0 Å². The molecule has 2 saturated heterocycles. The molecule has 2 heterocycles. The minimum atomic E-state index is -3.85. The van der Waals surface area contributed by atoms with Crippen molar-refractivity contribution >= 4 is 31.6 Å². The maximum Gasteiger partial charge on any atom is 0.246 e. The van der Waals surface area contributed by atoms with Crippen LogP contribution in [0.4, 0.5) is 5.69 Å². The van der Waals surface area contributed by atoms with Gasteiger partial charge in [-0.15, -0.1) is 0 Å². The number of anilines is 1. The lowest BCUT2D eigenvalue weighted by Gasteiger charge is -2.27. The molecule has 2 fully saturated rings. The molecule has 12 heteroatoms. The first kappa shape index (κ1) is 22.0. The van der Waals surface area contributed by atoms with Crippen molar-refractivity contribution < 1.29 is 31.1 Å². The Bertz CT molecular complexity index is 973. The molecule has 162 valence electrons. The number of methoxy groups -OCH3 is 1. The monoisotopic (exact) mass is 447 g/mol. The number of morpholine rings is 1. The lowest BCUT2D eigenvalue weighted by molar-refractivity contribution is -0.119. The first-order valence-corrected chi connectivity index (χ1v) is 12.5. The first-order valence-electron chi connectivity index (χ1n) is 9.18. The fourth-order valence-electron chi connectivity index (χ4n) is 3.51. The number of hydrogen-bond acceptors (Lipinski definition) is 7. The Labute approximate surface area is 170 Å². The van der Waals surface area contributed by atoms with Gasteiger partial charge in [0.05, 0.1) is 26.6 Å². The number of nitrogens with one attached hydrogen (secondary N) is 1. The van der Waals surface area contributed by atoms with E-state index in [1.54, 1.807) is 0 Å². The molecular formula is C17H25N3O7S2. The number of carbonyl (C=O) groups excluding carboxylic acids is 1. The fourth-order valence-corrected chi connectivity index (χ4v) is 6.22. The molecule has 1 aromatic rings. The van der Waals surface area contributed by atoms with E-state index in [0.29, 0.717) is 26.1 Å². The minimum absolute atomic E-state index is 0.0638. The lowest BCUT2D eigenvalue weighted by atomic mass is 10.2. The molecule has 3 rings (SSSR count). The molecule has 0 spiro atoms. The molecule has 0 saturated carbocycles. The number of benzene rings is 1. The first-order chi connectivity index (χ1) is 13.6. The van der Waals surface area contributed by atoms with Crippen LogP contribution in [0.5, 0.6) is 5.75 Å². The second-order valence-corrected chi connectivity index (χ2v) is 10.7. The van der Waals surface area contributed by atoms with Gasteiger partial charge in [-0.3, -0.25) is 4.79 Å². The van der Waals surface area contributed by atoms with Crippen LogP contribution in [0.1, 0.15) is 12.8 Å². The molecule has 10 nitrogen and oxygen atoms in total. The van der Waals surface area contributed by atoms with Gasteiger partial charge in [0.1, 0.15) is 16.7 Å². The van der Waals surface area contributed by atoms with Crippen molar-refractivity contribution in [2.75, 3.05) is 51.5 Å². The van der Waals surface area contributed by atoms with Gasteiger partial charge in [-0.25, -0.2) is 16.8 Å². The summed E-state index contributed by atoms with van der Waals surface area (Å²) in [6.45, 7) is 1.36. The molecule has 0 aromatic heterocycles. The largest absolute Gasteiger partial charge is 0.495 e. The highest BCUT2D eigenvalue weighted by atomic mass is 32.2. The molecule has 0 radical (unpaired) electrons. The van der Waals surface area contributed by atoms with Crippen molar-refractivity contribution in [1.82, 2.24) is 8.61 Å². The normalized spacial score (nSPS) is 21.8. The molecule has 2 aliphatic rings. The van der Waals surface area contributed by atoms with Gasteiger partial charge in [0.25, 0.3) is 0 Å². The molecule has 1 aromatic carbocycles. The minimum Gasteiger partial charge on any atom is -0.495 e. The molecule has 1 amide bonds. The number of rotatable bonds is 6. The summed E-state index contributed by atoms with van der Waals surface area (Å²) in [5.41, 5.74) is 0.253. The van der Waals surface area contributed by atoms with E-state index >= 15 is 0 Å². The predicted octanol–water partition coefficient (Wildman–Crippen LogP) is 0.0786. The van der Waals surface area contributed by atoms with Gasteiger partial charge in [-0.2, -0.15) is 8.61 Å². The Kier molecular flexibility index (Phi) is 6.48. The summed E-state index contributed by atoms with van der Waals surface area (Å²) in [5.74, 6) is -0.332. The van der Waals surface area contributed by atoms with Crippen LogP contribution in [0.15, 0.2) is 23.1 Å². The molecule has 2 aliphatic heterocycles. The third-order valence-electron chi connectivity index (χ3n) is 4.95. The van der Waals surface area contributed by atoms with Crippen molar-refractivity contribution in [2.45, 2.75) is 23.8 Å². The van der Waals surface area contributed by atoms with Gasteiger partial charge < -0.3 is 14.8 Å². The highest BCUT2D eigenvalue weighted by Gasteiger charge is 2.37. The number of hydrogen-bond donors (Lipinski definition) is 1. The Morgan fingerprint density at radius 1 is 1.17 bits per heavy atom. The zero-order valence-electron chi connectivity index (χ0n) is 16.3. The van der Waals surface area contributed by atoms with Crippen LogP contribution in [-0.4, -0.2) is 83.6 Å². The van der Waals surface area contributed by atoms with E-state index in [-0.39, 0.29) is 36.0 Å². The zero-order chi connectivity index (χ0) is 21.2. The standard InChI is InChI=1S/C17H25N3O7S2/c1-26-15-6-5-13(12-16(15)29(24,25)19-8-10-27-11-9-19)18-17(21)14-4-3-7-20(14)28(2,22)23/h5-6,12,14H,3-4,7-11H2,1-2H3,(H,18,21). The summed E-state index contributed by atoms with van der Waals surface area (Å²) in [4.78, 5) is 12.6. The third kappa shape index (κ3) is 4.72. The number of nitrogens with zero attached hydrogens (tertiary/aromatic N) is 2. The smallest absolute Gasteiger partial charge is 0.246 e. The van der Waals surface area contributed by atoms with E-state index in [9.17, 15) is 21.6 Å². The molecule has 1 atom stereocenters. The van der Waals surface area contributed by atoms with Crippen LogP contribution < -0.4 is 10.1 Å². The fraction of sp³-hybridized carbons (Fsp3) is 0.588. The number of ether oxygens (including phenoxy) is 2. The lowest BCUT2D eigenvalue weighted by Crippen LogP contribution is -2.42. The molecule has 29 heavy (non-hydrogen) atoms. The van der Waals surface area contributed by atoms with Crippen LogP contribution in [0, 0.1) is 0 Å². The highest BCUT2D eigenvalue weighted by molar-refractivity contribution is 7.89. The highest BCUT2D eigenvalue weighted by Crippen LogP contribution is 2.31. The van der Waals surface area contributed by atoms with Crippen LogP contribution >= 0.6 is 0 Å². The van der Waals surface area contributed by atoms with E-state index in [4.69, 9.17) is 9.47 Å². The van der Waals surface area contributed by atoms with Crippen molar-refractivity contribution in [3.05, 3.63) is 18.2 Å². The van der Waals surface area contributed by atoms with E-state index < -0.39 is 32.0 Å². The maximum atomic E-state index is 13.0. The Morgan fingerprint density at radius 3 is 2.48 bits per heavy atom. The average Bonchev–Trinajstić information content (AvgIpc) is 3.19. The molecule has 0 bridgehead atoms. The van der Waals surface area contributed by atoms with Crippen molar-refractivity contribution in [3.8, 4) is 5.75 Å². The maximum absolute atomic E-state index is 13.0. The van der Waals surface area contributed by atoms with Gasteiger partial charge >= 0.3 is 0 Å². The summed E-state index contributed by atoms with van der Waals surface area (Å²) in [7, 11) is -5.98. The quantitative estimate of drug-likeness (QED) is 0.655. The molecule has 0 aliphatic carbocycles. The number of carbonyl (C=O) groups is 1. The Balaban J connectivity index is 1.86.